The predicted octanol–water partition coefficient (Wildman–Crippen LogP) is 2.93. The van der Waals surface area contributed by atoms with E-state index in [4.69, 9.17) is 14.2 Å². The van der Waals surface area contributed by atoms with Gasteiger partial charge in [0.25, 0.3) is 0 Å². The fourth-order valence-electron chi connectivity index (χ4n) is 4.05. The Labute approximate surface area is 200 Å². The van der Waals surface area contributed by atoms with E-state index in [-0.39, 0.29) is 34.7 Å². The minimum atomic E-state index is -3.80. The van der Waals surface area contributed by atoms with Gasteiger partial charge in [0.1, 0.15) is 11.5 Å². The van der Waals surface area contributed by atoms with E-state index in [9.17, 15) is 18.0 Å². The molecular weight excluding hydrogens is 472 g/mol. The third-order valence-corrected chi connectivity index (χ3v) is 7.77. The number of fused-ring (bicyclic) bond motifs is 2. The second-order valence-corrected chi connectivity index (χ2v) is 9.97. The average molecular weight is 495 g/mol. The molecule has 3 aromatic carbocycles. The zero-order valence-electron chi connectivity index (χ0n) is 18.8. The number of aromatic nitrogens is 1. The van der Waals surface area contributed by atoms with Crippen molar-refractivity contribution in [2.75, 3.05) is 33.4 Å². The highest BCUT2D eigenvalue weighted by atomic mass is 32.2. The maximum Gasteiger partial charge on any atom is 0.344 e. The summed E-state index contributed by atoms with van der Waals surface area (Å²) in [5, 5.41) is 2.01. The lowest BCUT2D eigenvalue weighted by Crippen LogP contribution is -2.40. The van der Waals surface area contributed by atoms with Crippen LogP contribution in [-0.2, 0) is 14.8 Å². The van der Waals surface area contributed by atoms with Gasteiger partial charge in [0.2, 0.25) is 15.6 Å². The van der Waals surface area contributed by atoms with E-state index < -0.39 is 21.6 Å². The Morgan fingerprint density at radius 2 is 1.66 bits per heavy atom. The Morgan fingerprint density at radius 3 is 2.40 bits per heavy atom. The van der Waals surface area contributed by atoms with Crippen LogP contribution in [0.3, 0.4) is 0 Å². The van der Waals surface area contributed by atoms with Gasteiger partial charge in [-0.1, -0.05) is 12.1 Å². The summed E-state index contributed by atoms with van der Waals surface area (Å²) in [7, 11) is -2.23. The minimum absolute atomic E-state index is 0.0193. The van der Waals surface area contributed by atoms with Gasteiger partial charge in [-0.25, -0.2) is 13.2 Å². The van der Waals surface area contributed by atoms with Crippen LogP contribution in [0.2, 0.25) is 0 Å². The van der Waals surface area contributed by atoms with Gasteiger partial charge in [0.05, 0.1) is 30.8 Å². The molecule has 0 unspecified atom stereocenters. The molecule has 0 radical (unpaired) electrons. The Morgan fingerprint density at radius 1 is 0.943 bits per heavy atom. The van der Waals surface area contributed by atoms with Crippen LogP contribution in [0.5, 0.6) is 11.5 Å². The van der Waals surface area contributed by atoms with Gasteiger partial charge in [-0.2, -0.15) is 4.31 Å². The van der Waals surface area contributed by atoms with Crippen LogP contribution in [0.4, 0.5) is 0 Å². The molecule has 0 amide bonds. The number of carbonyl (C=O) groups is 1. The molecule has 0 saturated carbocycles. The zero-order valence-corrected chi connectivity index (χ0v) is 19.6. The monoisotopic (exact) mass is 494 g/mol. The number of morpholine rings is 1. The van der Waals surface area contributed by atoms with E-state index >= 15 is 0 Å². The second kappa shape index (κ2) is 9.14. The molecule has 35 heavy (non-hydrogen) atoms. The molecule has 180 valence electrons. The summed E-state index contributed by atoms with van der Waals surface area (Å²) in [6.45, 7) is 1.12. The molecule has 9 nitrogen and oxygen atoms in total. The van der Waals surface area contributed by atoms with Crippen molar-refractivity contribution in [1.82, 2.24) is 9.29 Å². The van der Waals surface area contributed by atoms with Crippen molar-refractivity contribution < 1.29 is 27.4 Å². The lowest BCUT2D eigenvalue weighted by Gasteiger charge is -2.26. The third kappa shape index (κ3) is 4.51. The first-order valence-electron chi connectivity index (χ1n) is 10.9. The summed E-state index contributed by atoms with van der Waals surface area (Å²) in [5.74, 6) is 0.168. The molecule has 1 fully saturated rings. The highest BCUT2D eigenvalue weighted by Crippen LogP contribution is 2.27. The van der Waals surface area contributed by atoms with E-state index in [1.807, 2.05) is 18.2 Å². The maximum absolute atomic E-state index is 13.1. The van der Waals surface area contributed by atoms with Crippen LogP contribution in [-0.4, -0.2) is 57.1 Å². The van der Waals surface area contributed by atoms with Crippen LogP contribution >= 0.6 is 0 Å². The minimum Gasteiger partial charge on any atom is -0.497 e. The molecule has 0 aliphatic carbocycles. The summed E-state index contributed by atoms with van der Waals surface area (Å²) >= 11 is 0. The number of ether oxygens (including phenoxy) is 3. The van der Waals surface area contributed by atoms with Gasteiger partial charge in [-0.05, 0) is 53.2 Å². The Balaban J connectivity index is 1.52. The normalized spacial score (nSPS) is 14.8. The first kappa shape index (κ1) is 23.0. The fourth-order valence-corrected chi connectivity index (χ4v) is 5.49. The van der Waals surface area contributed by atoms with Crippen molar-refractivity contribution in [1.29, 1.82) is 0 Å². The molecule has 10 heteroatoms. The number of benzene rings is 3. The average Bonchev–Trinajstić information content (AvgIpc) is 2.87. The van der Waals surface area contributed by atoms with E-state index in [1.54, 1.807) is 25.3 Å². The molecule has 1 aromatic heterocycles. The standard InChI is InChI=1S/C25H22N2O7S/c1-32-18-4-2-16-3-5-19(13-17(16)12-18)34-25(29)22-15-24(28)26-23-7-6-20(14-21(22)23)35(30,31)27-8-10-33-11-9-27/h2-7,12-15H,8-11H2,1H3,(H,26,28). The number of carbonyl (C=O) groups excluding carboxylic acids is 1. The Kier molecular flexibility index (Phi) is 6.01. The van der Waals surface area contributed by atoms with Gasteiger partial charge >= 0.3 is 5.97 Å². The van der Waals surface area contributed by atoms with Crippen LogP contribution < -0.4 is 15.0 Å². The topological polar surface area (TPSA) is 115 Å². The number of hydrogen-bond acceptors (Lipinski definition) is 7. The van der Waals surface area contributed by atoms with Crippen molar-refractivity contribution in [3.05, 3.63) is 76.6 Å². The summed E-state index contributed by atoms with van der Waals surface area (Å²) in [6, 6.07) is 16.1. The number of hydrogen-bond donors (Lipinski definition) is 1. The van der Waals surface area contributed by atoms with Crippen molar-refractivity contribution >= 4 is 37.7 Å². The molecule has 1 N–H and O–H groups in total. The van der Waals surface area contributed by atoms with Crippen LogP contribution in [0, 0.1) is 0 Å². The summed E-state index contributed by atoms with van der Waals surface area (Å²) < 4.78 is 43.7. The Bertz CT molecular complexity index is 1610. The molecule has 5 rings (SSSR count). The number of aromatic amines is 1. The van der Waals surface area contributed by atoms with Crippen molar-refractivity contribution in [3.63, 3.8) is 0 Å². The number of esters is 1. The smallest absolute Gasteiger partial charge is 0.344 e. The summed E-state index contributed by atoms with van der Waals surface area (Å²) in [6.07, 6.45) is 0. The maximum atomic E-state index is 13.1. The molecule has 0 bridgehead atoms. The fraction of sp³-hybridized carbons (Fsp3) is 0.200. The van der Waals surface area contributed by atoms with E-state index in [0.717, 1.165) is 16.8 Å². The van der Waals surface area contributed by atoms with E-state index in [2.05, 4.69) is 4.98 Å². The first-order valence-corrected chi connectivity index (χ1v) is 12.3. The zero-order chi connectivity index (χ0) is 24.6. The molecule has 0 spiro atoms. The van der Waals surface area contributed by atoms with Crippen molar-refractivity contribution in [3.8, 4) is 11.5 Å². The van der Waals surface area contributed by atoms with Crippen LogP contribution in [0.15, 0.2) is 70.4 Å². The lowest BCUT2D eigenvalue weighted by molar-refractivity contribution is 0.0730. The van der Waals surface area contributed by atoms with Crippen LogP contribution in [0.25, 0.3) is 21.7 Å². The molecule has 2 heterocycles. The van der Waals surface area contributed by atoms with Gasteiger partial charge in [0.15, 0.2) is 0 Å². The van der Waals surface area contributed by atoms with Gasteiger partial charge in [-0.3, -0.25) is 4.79 Å². The number of H-pyrrole nitrogens is 1. The largest absolute Gasteiger partial charge is 0.497 e. The quantitative estimate of drug-likeness (QED) is 0.335. The highest BCUT2D eigenvalue weighted by Gasteiger charge is 2.27. The highest BCUT2D eigenvalue weighted by molar-refractivity contribution is 7.89. The Hall–Kier alpha value is -3.73. The van der Waals surface area contributed by atoms with Gasteiger partial charge < -0.3 is 19.2 Å². The van der Waals surface area contributed by atoms with E-state index in [0.29, 0.717) is 24.5 Å². The number of rotatable bonds is 5. The summed E-state index contributed by atoms with van der Waals surface area (Å²) in [4.78, 5) is 28.0. The molecule has 4 aromatic rings. The molecular formula is C25H22N2O7S. The van der Waals surface area contributed by atoms with E-state index in [1.165, 1.54) is 22.5 Å². The molecule has 1 aliphatic rings. The molecule has 1 saturated heterocycles. The third-order valence-electron chi connectivity index (χ3n) is 5.87. The number of methoxy groups -OCH3 is 1. The number of sulfonamides is 1. The van der Waals surface area contributed by atoms with Gasteiger partial charge in [-0.15, -0.1) is 0 Å². The number of nitrogens with one attached hydrogen (secondary N) is 1. The predicted molar refractivity (Wildman–Crippen MR) is 130 cm³/mol. The van der Waals surface area contributed by atoms with Crippen LogP contribution in [0.1, 0.15) is 10.4 Å². The van der Waals surface area contributed by atoms with Crippen molar-refractivity contribution in [2.24, 2.45) is 0 Å². The van der Waals surface area contributed by atoms with Crippen molar-refractivity contribution in [2.45, 2.75) is 4.90 Å². The lowest BCUT2D eigenvalue weighted by atomic mass is 10.1. The molecule has 1 aliphatic heterocycles. The second-order valence-electron chi connectivity index (χ2n) is 8.04. The SMILES string of the molecule is COc1ccc2ccc(OC(=O)c3cc(=O)[nH]c4ccc(S(=O)(=O)N5CCOCC5)cc34)cc2c1. The number of pyridine rings is 1. The number of nitrogens with zero attached hydrogens (tertiary/aromatic N) is 1. The molecule has 0 atom stereocenters. The summed E-state index contributed by atoms with van der Waals surface area (Å²) in [5.41, 5.74) is -0.210. The first-order chi connectivity index (χ1) is 16.8. The van der Waals surface area contributed by atoms with Gasteiger partial charge in [0, 0.05) is 30.1 Å².